The van der Waals surface area contributed by atoms with Crippen molar-refractivity contribution in [3.8, 4) is 0 Å². The summed E-state index contributed by atoms with van der Waals surface area (Å²) < 4.78 is 5.70. The minimum absolute atomic E-state index is 0.139. The minimum atomic E-state index is 0.139. The molecule has 0 spiro atoms. The highest BCUT2D eigenvalue weighted by Gasteiger charge is 2.50. The van der Waals surface area contributed by atoms with E-state index in [1.54, 1.807) is 0 Å². The van der Waals surface area contributed by atoms with E-state index < -0.39 is 0 Å². The predicted molar refractivity (Wildman–Crippen MR) is 66.5 cm³/mol. The van der Waals surface area contributed by atoms with Gasteiger partial charge >= 0.3 is 5.97 Å². The first kappa shape index (κ1) is 11.6. The first-order chi connectivity index (χ1) is 8.27. The van der Waals surface area contributed by atoms with E-state index in [2.05, 4.69) is 6.92 Å². The molecule has 96 valence electrons. The monoisotopic (exact) mass is 236 g/mol. The lowest BCUT2D eigenvalue weighted by Gasteiger charge is -2.34. The second-order valence-corrected chi connectivity index (χ2v) is 6.40. The van der Waals surface area contributed by atoms with Crippen LogP contribution in [-0.2, 0) is 9.53 Å². The second kappa shape index (κ2) is 4.62. The molecule has 0 aromatic heterocycles. The number of esters is 1. The number of hydrogen-bond donors (Lipinski definition) is 0. The Balaban J connectivity index is 1.76. The van der Waals surface area contributed by atoms with Crippen molar-refractivity contribution < 1.29 is 9.53 Å². The van der Waals surface area contributed by atoms with E-state index in [0.717, 1.165) is 0 Å². The zero-order valence-corrected chi connectivity index (χ0v) is 10.9. The van der Waals surface area contributed by atoms with E-state index in [0.29, 0.717) is 17.8 Å². The number of hydrogen-bond acceptors (Lipinski definition) is 2. The van der Waals surface area contributed by atoms with Crippen LogP contribution in [0.5, 0.6) is 0 Å². The molecular formula is C15H24O2. The van der Waals surface area contributed by atoms with Crippen molar-refractivity contribution in [1.82, 2.24) is 0 Å². The Kier molecular flexibility index (Phi) is 3.14. The average molecular weight is 236 g/mol. The highest BCUT2D eigenvalue weighted by molar-refractivity contribution is 5.75. The van der Waals surface area contributed by atoms with Crippen LogP contribution in [0.25, 0.3) is 0 Å². The maximum absolute atomic E-state index is 12.2. The molecule has 0 aromatic carbocycles. The van der Waals surface area contributed by atoms with Crippen molar-refractivity contribution in [3.05, 3.63) is 0 Å². The first-order valence-corrected chi connectivity index (χ1v) is 7.48. The maximum atomic E-state index is 12.2. The third kappa shape index (κ3) is 2.00. The Bertz CT molecular complexity index is 293. The minimum Gasteiger partial charge on any atom is -0.462 e. The van der Waals surface area contributed by atoms with Gasteiger partial charge in [0, 0.05) is 5.92 Å². The molecule has 2 saturated carbocycles. The molecule has 2 nitrogen and oxygen atoms in total. The molecule has 1 heterocycles. The fourth-order valence-corrected chi connectivity index (χ4v) is 4.44. The van der Waals surface area contributed by atoms with Crippen molar-refractivity contribution in [2.45, 2.75) is 64.4 Å². The molecule has 4 unspecified atom stereocenters. The van der Waals surface area contributed by atoms with Gasteiger partial charge in [-0.3, -0.25) is 4.79 Å². The molecule has 4 atom stereocenters. The largest absolute Gasteiger partial charge is 0.462 e. The molecule has 1 aliphatic heterocycles. The van der Waals surface area contributed by atoms with Gasteiger partial charge in [-0.15, -0.1) is 0 Å². The highest BCUT2D eigenvalue weighted by atomic mass is 16.6. The van der Waals surface area contributed by atoms with Gasteiger partial charge in [-0.05, 0) is 37.5 Å². The fraction of sp³-hybridized carbons (Fsp3) is 0.933. The van der Waals surface area contributed by atoms with Crippen molar-refractivity contribution in [2.75, 3.05) is 0 Å². The first-order valence-electron chi connectivity index (χ1n) is 7.48. The quantitative estimate of drug-likeness (QED) is 0.651. The summed E-state index contributed by atoms with van der Waals surface area (Å²) in [6.45, 7) is 2.26. The van der Waals surface area contributed by atoms with Crippen molar-refractivity contribution in [3.63, 3.8) is 0 Å². The smallest absolute Gasteiger partial charge is 0.309 e. The summed E-state index contributed by atoms with van der Waals surface area (Å²) in [4.78, 5) is 12.2. The third-order valence-corrected chi connectivity index (χ3v) is 5.32. The molecule has 2 aliphatic carbocycles. The molecule has 3 rings (SSSR count). The zero-order chi connectivity index (χ0) is 11.8. The Morgan fingerprint density at radius 2 is 1.76 bits per heavy atom. The average Bonchev–Trinajstić information content (AvgIpc) is 2.68. The summed E-state index contributed by atoms with van der Waals surface area (Å²) in [5, 5.41) is 0. The molecule has 0 radical (unpaired) electrons. The van der Waals surface area contributed by atoms with Gasteiger partial charge in [0.1, 0.15) is 6.10 Å². The Labute approximate surface area is 104 Å². The van der Waals surface area contributed by atoms with E-state index in [4.69, 9.17) is 4.74 Å². The summed E-state index contributed by atoms with van der Waals surface area (Å²) in [6.07, 6.45) is 10.5. The number of fused-ring (bicyclic) bond motifs is 1. The van der Waals surface area contributed by atoms with E-state index in [-0.39, 0.29) is 18.0 Å². The van der Waals surface area contributed by atoms with Gasteiger partial charge in [0.2, 0.25) is 0 Å². The summed E-state index contributed by atoms with van der Waals surface area (Å²) >= 11 is 0. The fourth-order valence-electron chi connectivity index (χ4n) is 4.44. The third-order valence-electron chi connectivity index (χ3n) is 5.32. The lowest BCUT2D eigenvalue weighted by Crippen LogP contribution is -2.34. The van der Waals surface area contributed by atoms with Crippen LogP contribution in [-0.4, -0.2) is 12.1 Å². The van der Waals surface area contributed by atoms with Gasteiger partial charge < -0.3 is 4.74 Å². The standard InChI is InChI=1S/C15H24O2/c1-10-6-5-9-12-13(15(16)17-14(10)12)11-7-3-2-4-8-11/h10-14H,2-9H2,1H3. The highest BCUT2D eigenvalue weighted by Crippen LogP contribution is 2.47. The van der Waals surface area contributed by atoms with Crippen molar-refractivity contribution in [2.24, 2.45) is 23.7 Å². The van der Waals surface area contributed by atoms with Gasteiger partial charge in [-0.1, -0.05) is 32.6 Å². The Hall–Kier alpha value is -0.530. The molecule has 2 heteroatoms. The number of carbonyl (C=O) groups is 1. The van der Waals surface area contributed by atoms with Crippen LogP contribution < -0.4 is 0 Å². The van der Waals surface area contributed by atoms with Gasteiger partial charge in [-0.25, -0.2) is 0 Å². The molecule has 17 heavy (non-hydrogen) atoms. The van der Waals surface area contributed by atoms with Gasteiger partial charge in [0.15, 0.2) is 0 Å². The second-order valence-electron chi connectivity index (χ2n) is 6.40. The van der Waals surface area contributed by atoms with Gasteiger partial charge in [-0.2, -0.15) is 0 Å². The van der Waals surface area contributed by atoms with E-state index in [9.17, 15) is 4.79 Å². The molecule has 1 saturated heterocycles. The van der Waals surface area contributed by atoms with Crippen LogP contribution in [0.15, 0.2) is 0 Å². The lowest BCUT2D eigenvalue weighted by molar-refractivity contribution is -0.147. The van der Waals surface area contributed by atoms with Gasteiger partial charge in [0.05, 0.1) is 5.92 Å². The molecule has 3 aliphatic rings. The zero-order valence-electron chi connectivity index (χ0n) is 10.9. The van der Waals surface area contributed by atoms with Crippen LogP contribution in [0.1, 0.15) is 58.3 Å². The number of ether oxygens (including phenoxy) is 1. The normalized spacial score (nSPS) is 43.2. The molecule has 0 aromatic rings. The van der Waals surface area contributed by atoms with Gasteiger partial charge in [0.25, 0.3) is 0 Å². The van der Waals surface area contributed by atoms with Crippen molar-refractivity contribution in [1.29, 1.82) is 0 Å². The summed E-state index contributed by atoms with van der Waals surface area (Å²) in [7, 11) is 0. The topological polar surface area (TPSA) is 26.3 Å². The van der Waals surface area contributed by atoms with E-state index >= 15 is 0 Å². The molecule has 0 amide bonds. The number of carbonyl (C=O) groups excluding carboxylic acids is 1. The maximum Gasteiger partial charge on any atom is 0.309 e. The summed E-state index contributed by atoms with van der Waals surface area (Å²) in [5.41, 5.74) is 0. The Morgan fingerprint density at radius 1 is 1.00 bits per heavy atom. The predicted octanol–water partition coefficient (Wildman–Crippen LogP) is 3.54. The van der Waals surface area contributed by atoms with Crippen LogP contribution in [0, 0.1) is 23.7 Å². The van der Waals surface area contributed by atoms with Crippen molar-refractivity contribution >= 4 is 5.97 Å². The van der Waals surface area contributed by atoms with Crippen LogP contribution >= 0.6 is 0 Å². The summed E-state index contributed by atoms with van der Waals surface area (Å²) in [6, 6.07) is 0. The lowest BCUT2D eigenvalue weighted by atomic mass is 9.68. The van der Waals surface area contributed by atoms with Crippen LogP contribution in [0.2, 0.25) is 0 Å². The van der Waals surface area contributed by atoms with E-state index in [1.807, 2.05) is 0 Å². The summed E-state index contributed by atoms with van der Waals surface area (Å²) in [5.74, 6) is 2.17. The molecule has 0 N–H and O–H groups in total. The SMILES string of the molecule is CC1CCCC2C1OC(=O)C2C1CCCCC1. The Morgan fingerprint density at radius 3 is 2.53 bits per heavy atom. The van der Waals surface area contributed by atoms with E-state index in [1.165, 1.54) is 51.4 Å². The molecule has 3 fully saturated rings. The molecule has 0 bridgehead atoms. The molecular weight excluding hydrogens is 212 g/mol. The van der Waals surface area contributed by atoms with Crippen LogP contribution in [0.3, 0.4) is 0 Å². The van der Waals surface area contributed by atoms with Crippen LogP contribution in [0.4, 0.5) is 0 Å². The number of rotatable bonds is 1.